The van der Waals surface area contributed by atoms with Crippen molar-refractivity contribution >= 4 is 18.1 Å². The zero-order valence-corrected chi connectivity index (χ0v) is 16.3. The maximum Gasteiger partial charge on any atom is 0.416 e. The van der Waals surface area contributed by atoms with Gasteiger partial charge in [0.1, 0.15) is 5.60 Å². The van der Waals surface area contributed by atoms with E-state index < -0.39 is 29.5 Å². The Balaban J connectivity index is 2.22. The second-order valence-corrected chi connectivity index (χ2v) is 7.36. The monoisotopic (exact) mass is 407 g/mol. The van der Waals surface area contributed by atoms with Gasteiger partial charge < -0.3 is 19.0 Å². The molecular weight excluding hydrogens is 383 g/mol. The molecule has 0 aliphatic carbocycles. The number of halogens is 3. The quantitative estimate of drug-likeness (QED) is 0.361. The van der Waals surface area contributed by atoms with Crippen molar-refractivity contribution in [3.8, 4) is 0 Å². The molecule has 152 valence electrons. The van der Waals surface area contributed by atoms with E-state index in [1.165, 1.54) is 18.2 Å². The third-order valence-corrected chi connectivity index (χ3v) is 3.68. The Morgan fingerprint density at radius 3 is 2.37 bits per heavy atom. The van der Waals surface area contributed by atoms with Crippen molar-refractivity contribution in [2.45, 2.75) is 43.5 Å². The third-order valence-electron chi connectivity index (χ3n) is 2.93. The van der Waals surface area contributed by atoms with Crippen molar-refractivity contribution in [2.24, 2.45) is 0 Å². The van der Waals surface area contributed by atoms with Gasteiger partial charge in [-0.25, -0.2) is 4.79 Å². The number of alkyl carbamates (subject to hydrolysis) is 1. The molecule has 0 fully saturated rings. The predicted molar refractivity (Wildman–Crippen MR) is 97.4 cm³/mol. The van der Waals surface area contributed by atoms with Crippen LogP contribution < -0.4 is 5.32 Å². The van der Waals surface area contributed by atoms with Gasteiger partial charge in [0, 0.05) is 16.9 Å². The number of carbonyl (C=O) groups is 1. The number of nitrogens with one attached hydrogen (secondary N) is 1. The van der Waals surface area contributed by atoms with Gasteiger partial charge in [0.05, 0.1) is 31.4 Å². The number of benzene rings is 1. The average Bonchev–Trinajstić information content (AvgIpc) is 2.54. The molecule has 1 N–H and O–H groups in total. The molecule has 1 atom stereocenters. The molecule has 1 unspecified atom stereocenters. The van der Waals surface area contributed by atoms with E-state index >= 15 is 0 Å². The molecule has 1 rings (SSSR count). The number of rotatable bonds is 9. The van der Waals surface area contributed by atoms with Crippen molar-refractivity contribution in [1.82, 2.24) is 5.32 Å². The van der Waals surface area contributed by atoms with E-state index in [0.717, 1.165) is 24.2 Å². The Hall–Kier alpha value is -1.71. The number of ether oxygens (including phenoxy) is 2. The molecule has 0 heterocycles. The Morgan fingerprint density at radius 1 is 1.22 bits per heavy atom. The van der Waals surface area contributed by atoms with Crippen molar-refractivity contribution < 1.29 is 31.6 Å². The number of hydrogen-bond donors (Lipinski definition) is 1. The lowest BCUT2D eigenvalue weighted by molar-refractivity contribution is -0.137. The number of hydrogen-bond acceptors (Lipinski definition) is 5. The summed E-state index contributed by atoms with van der Waals surface area (Å²) in [5, 5.41) is 2.62. The molecule has 0 saturated heterocycles. The fourth-order valence-corrected chi connectivity index (χ4v) is 2.27. The van der Waals surface area contributed by atoms with E-state index in [2.05, 4.69) is 11.9 Å². The molecule has 9 heteroatoms. The van der Waals surface area contributed by atoms with E-state index in [-0.39, 0.29) is 19.8 Å². The van der Waals surface area contributed by atoms with Crippen LogP contribution in [0.2, 0.25) is 0 Å². The average molecular weight is 407 g/mol. The summed E-state index contributed by atoms with van der Waals surface area (Å²) >= 11 is 0.964. The second-order valence-electron chi connectivity index (χ2n) is 6.49. The van der Waals surface area contributed by atoms with Gasteiger partial charge >= 0.3 is 12.3 Å². The maximum atomic E-state index is 12.5. The first-order chi connectivity index (χ1) is 12.5. The molecule has 1 aromatic carbocycles. The van der Waals surface area contributed by atoms with Crippen molar-refractivity contribution in [1.29, 1.82) is 0 Å². The summed E-state index contributed by atoms with van der Waals surface area (Å²) in [5.41, 5.74) is -1.30. The van der Waals surface area contributed by atoms with Gasteiger partial charge in [0.25, 0.3) is 0 Å². The minimum absolute atomic E-state index is 0.192. The second kappa shape index (κ2) is 10.6. The summed E-state index contributed by atoms with van der Waals surface area (Å²) in [6.45, 7) is 9.57. The summed E-state index contributed by atoms with van der Waals surface area (Å²) < 4.78 is 53.2. The molecule has 5 nitrogen and oxygen atoms in total. The Kier molecular flexibility index (Phi) is 9.14. The Morgan fingerprint density at radius 2 is 1.85 bits per heavy atom. The van der Waals surface area contributed by atoms with Gasteiger partial charge in [-0.15, -0.1) is 6.58 Å². The molecule has 0 aliphatic rings. The van der Waals surface area contributed by atoms with Crippen LogP contribution in [0.25, 0.3) is 0 Å². The van der Waals surface area contributed by atoms with Crippen molar-refractivity contribution in [2.75, 3.05) is 19.8 Å². The molecule has 0 radical (unpaired) electrons. The molecule has 1 aromatic rings. The molecule has 0 spiro atoms. The topological polar surface area (TPSA) is 56.8 Å². The Bertz CT molecular complexity index is 600. The molecule has 27 heavy (non-hydrogen) atoms. The molecular formula is C18H24F3NO4S. The number of carbonyl (C=O) groups excluding carboxylic acids is 1. The minimum atomic E-state index is -4.35. The highest BCUT2D eigenvalue weighted by Crippen LogP contribution is 2.30. The third kappa shape index (κ3) is 10.3. The van der Waals surface area contributed by atoms with E-state index in [4.69, 9.17) is 13.7 Å². The summed E-state index contributed by atoms with van der Waals surface area (Å²) in [6.07, 6.45) is -3.39. The summed E-state index contributed by atoms with van der Waals surface area (Å²) in [5.74, 6) is 0. The van der Waals surface area contributed by atoms with Gasteiger partial charge in [0.2, 0.25) is 0 Å². The van der Waals surface area contributed by atoms with Gasteiger partial charge in [-0.1, -0.05) is 6.08 Å². The van der Waals surface area contributed by atoms with Crippen molar-refractivity contribution in [3.63, 3.8) is 0 Å². The Labute approximate surface area is 161 Å². The van der Waals surface area contributed by atoms with Crippen LogP contribution in [0.3, 0.4) is 0 Å². The fourth-order valence-electron chi connectivity index (χ4n) is 1.74. The van der Waals surface area contributed by atoms with Gasteiger partial charge in [0.15, 0.2) is 0 Å². The first-order valence-electron chi connectivity index (χ1n) is 8.18. The lowest BCUT2D eigenvalue weighted by Gasteiger charge is -2.22. The van der Waals surface area contributed by atoms with Crippen LogP contribution >= 0.6 is 12.0 Å². The van der Waals surface area contributed by atoms with Crippen LogP contribution in [0, 0.1) is 0 Å². The highest BCUT2D eigenvalue weighted by molar-refractivity contribution is 7.94. The largest absolute Gasteiger partial charge is 0.444 e. The maximum absolute atomic E-state index is 12.5. The van der Waals surface area contributed by atoms with Crippen LogP contribution in [0.1, 0.15) is 26.3 Å². The highest BCUT2D eigenvalue weighted by Gasteiger charge is 2.29. The van der Waals surface area contributed by atoms with Gasteiger partial charge in [-0.3, -0.25) is 0 Å². The first kappa shape index (κ1) is 23.3. The van der Waals surface area contributed by atoms with Crippen LogP contribution in [0.15, 0.2) is 41.8 Å². The van der Waals surface area contributed by atoms with Crippen LogP contribution in [0.4, 0.5) is 18.0 Å². The first-order valence-corrected chi connectivity index (χ1v) is 8.92. The lowest BCUT2D eigenvalue weighted by Crippen LogP contribution is -2.40. The molecule has 0 bridgehead atoms. The van der Waals surface area contributed by atoms with E-state index in [9.17, 15) is 18.0 Å². The zero-order chi connectivity index (χ0) is 20.5. The SMILES string of the molecule is C=CC(COCCOSc1ccc(C(F)(F)F)cc1)NC(=O)OC(C)(C)C. The van der Waals surface area contributed by atoms with Crippen LogP contribution in [-0.2, 0) is 19.8 Å². The lowest BCUT2D eigenvalue weighted by atomic mass is 10.2. The van der Waals surface area contributed by atoms with Crippen molar-refractivity contribution in [3.05, 3.63) is 42.5 Å². The smallest absolute Gasteiger partial charge is 0.416 e. The zero-order valence-electron chi connectivity index (χ0n) is 15.5. The fraction of sp³-hybridized carbons (Fsp3) is 0.500. The standard InChI is InChI=1S/C18H24F3NO4S/c1-5-14(22-16(23)26-17(2,3)4)12-24-10-11-25-27-15-8-6-13(7-9-15)18(19,20)21/h5-9,14H,1,10-12H2,2-4H3,(H,22,23). The molecule has 0 saturated carbocycles. The van der Waals surface area contributed by atoms with Crippen LogP contribution in [-0.4, -0.2) is 37.6 Å². The molecule has 1 amide bonds. The number of alkyl halides is 3. The van der Waals surface area contributed by atoms with Crippen LogP contribution in [0.5, 0.6) is 0 Å². The van der Waals surface area contributed by atoms with E-state index in [1.54, 1.807) is 20.8 Å². The van der Waals surface area contributed by atoms with E-state index in [0.29, 0.717) is 4.90 Å². The van der Waals surface area contributed by atoms with Gasteiger partial charge in [-0.2, -0.15) is 13.2 Å². The molecule has 0 aromatic heterocycles. The predicted octanol–water partition coefficient (Wildman–Crippen LogP) is 4.83. The number of amides is 1. The van der Waals surface area contributed by atoms with E-state index in [1.807, 2.05) is 0 Å². The normalized spacial score (nSPS) is 13.1. The minimum Gasteiger partial charge on any atom is -0.444 e. The highest BCUT2D eigenvalue weighted by atomic mass is 32.2. The molecule has 0 aliphatic heterocycles. The summed E-state index contributed by atoms with van der Waals surface area (Å²) in [6, 6.07) is 4.26. The summed E-state index contributed by atoms with van der Waals surface area (Å²) in [4.78, 5) is 12.2. The summed E-state index contributed by atoms with van der Waals surface area (Å²) in [7, 11) is 0. The van der Waals surface area contributed by atoms with Gasteiger partial charge in [-0.05, 0) is 45.0 Å².